The van der Waals surface area contributed by atoms with Crippen LogP contribution >= 0.6 is 0 Å². The van der Waals surface area contributed by atoms with Gasteiger partial charge >= 0.3 is 0 Å². The van der Waals surface area contributed by atoms with Crippen molar-refractivity contribution in [2.24, 2.45) is 0 Å². The maximum absolute atomic E-state index is 8.58. The van der Waals surface area contributed by atoms with E-state index in [0.29, 0.717) is 6.42 Å². The Morgan fingerprint density at radius 3 is 3.07 bits per heavy atom. The number of nitrogens with zero attached hydrogens (tertiary/aromatic N) is 1. The monoisotopic (exact) mass is 187 g/mol. The lowest BCUT2D eigenvalue weighted by atomic mass is 10.1. The number of benzene rings is 1. The van der Waals surface area contributed by atoms with Gasteiger partial charge in [-0.05, 0) is 12.1 Å². The van der Waals surface area contributed by atoms with Gasteiger partial charge in [-0.25, -0.2) is 0 Å². The Balaban J connectivity index is 2.55. The Morgan fingerprint density at radius 2 is 2.36 bits per heavy atom. The van der Waals surface area contributed by atoms with Crippen molar-refractivity contribution in [3.8, 4) is 11.8 Å². The molecule has 1 heterocycles. The fourth-order valence-corrected chi connectivity index (χ4v) is 1.41. The van der Waals surface area contributed by atoms with E-state index >= 15 is 0 Å². The smallest absolute Gasteiger partial charge is 0.137 e. The summed E-state index contributed by atoms with van der Waals surface area (Å²) in [6, 6.07) is 7.68. The van der Waals surface area contributed by atoms with Crippen molar-refractivity contribution < 1.29 is 9.15 Å². The number of hydrogen-bond acceptors (Lipinski definition) is 3. The molecule has 0 fully saturated rings. The van der Waals surface area contributed by atoms with Crippen LogP contribution in [0, 0.1) is 11.3 Å². The second kappa shape index (κ2) is 3.43. The standard InChI is InChI=1S/C11H9NO2/c1-13-9-2-3-10-8(4-5-12)7-14-11(10)6-9/h2-3,6-7H,4H2,1H3. The molecule has 0 saturated heterocycles. The molecule has 14 heavy (non-hydrogen) atoms. The number of nitriles is 1. The summed E-state index contributed by atoms with van der Waals surface area (Å²) in [4.78, 5) is 0. The molecule has 0 unspecified atom stereocenters. The molecule has 1 aromatic carbocycles. The molecule has 0 atom stereocenters. The first-order valence-corrected chi connectivity index (χ1v) is 4.26. The normalized spacial score (nSPS) is 10.0. The van der Waals surface area contributed by atoms with Crippen LogP contribution in [0.15, 0.2) is 28.9 Å². The predicted molar refractivity (Wildman–Crippen MR) is 52.1 cm³/mol. The first kappa shape index (κ1) is 8.64. The molecule has 3 nitrogen and oxygen atoms in total. The fourth-order valence-electron chi connectivity index (χ4n) is 1.41. The van der Waals surface area contributed by atoms with Crippen LogP contribution in [0.4, 0.5) is 0 Å². The van der Waals surface area contributed by atoms with Crippen molar-refractivity contribution in [2.45, 2.75) is 6.42 Å². The highest BCUT2D eigenvalue weighted by atomic mass is 16.5. The zero-order valence-corrected chi connectivity index (χ0v) is 7.78. The van der Waals surface area contributed by atoms with Gasteiger partial charge in [0.05, 0.1) is 25.9 Å². The van der Waals surface area contributed by atoms with E-state index in [1.54, 1.807) is 13.4 Å². The Hall–Kier alpha value is -1.95. The van der Waals surface area contributed by atoms with Crippen molar-refractivity contribution in [3.63, 3.8) is 0 Å². The molecule has 0 amide bonds. The van der Waals surface area contributed by atoms with Gasteiger partial charge in [-0.1, -0.05) is 0 Å². The third kappa shape index (κ3) is 1.31. The van der Waals surface area contributed by atoms with Crippen LogP contribution < -0.4 is 4.74 Å². The first-order valence-electron chi connectivity index (χ1n) is 4.26. The van der Waals surface area contributed by atoms with Gasteiger partial charge in [0.25, 0.3) is 0 Å². The van der Waals surface area contributed by atoms with Crippen molar-refractivity contribution in [3.05, 3.63) is 30.0 Å². The van der Waals surface area contributed by atoms with Crippen LogP contribution in [-0.2, 0) is 6.42 Å². The molecule has 0 aliphatic carbocycles. The van der Waals surface area contributed by atoms with Gasteiger partial charge in [-0.2, -0.15) is 5.26 Å². The molecule has 0 aliphatic heterocycles. The highest BCUT2D eigenvalue weighted by Crippen LogP contribution is 2.25. The summed E-state index contributed by atoms with van der Waals surface area (Å²) in [6.07, 6.45) is 1.99. The summed E-state index contributed by atoms with van der Waals surface area (Å²) in [5.41, 5.74) is 1.68. The fraction of sp³-hybridized carbons (Fsp3) is 0.182. The summed E-state index contributed by atoms with van der Waals surface area (Å²) >= 11 is 0. The van der Waals surface area contributed by atoms with Crippen LogP contribution in [0.5, 0.6) is 5.75 Å². The van der Waals surface area contributed by atoms with Crippen LogP contribution in [0.3, 0.4) is 0 Å². The lowest BCUT2D eigenvalue weighted by Gasteiger charge is -1.97. The van der Waals surface area contributed by atoms with E-state index in [1.165, 1.54) is 0 Å². The second-order valence-corrected chi connectivity index (χ2v) is 2.96. The molecule has 0 spiro atoms. The Kier molecular flexibility index (Phi) is 2.11. The Labute approximate surface area is 81.5 Å². The lowest BCUT2D eigenvalue weighted by molar-refractivity contribution is 0.414. The lowest BCUT2D eigenvalue weighted by Crippen LogP contribution is -1.82. The number of rotatable bonds is 2. The van der Waals surface area contributed by atoms with Crippen molar-refractivity contribution in [2.75, 3.05) is 7.11 Å². The van der Waals surface area contributed by atoms with Crippen LogP contribution in [0.2, 0.25) is 0 Å². The minimum absolute atomic E-state index is 0.374. The quantitative estimate of drug-likeness (QED) is 0.725. The molecule has 3 heteroatoms. The zero-order valence-electron chi connectivity index (χ0n) is 7.78. The maximum atomic E-state index is 8.58. The molecule has 2 aromatic rings. The van der Waals surface area contributed by atoms with Gasteiger partial charge in [0.1, 0.15) is 11.3 Å². The third-order valence-corrected chi connectivity index (χ3v) is 2.13. The molecular weight excluding hydrogens is 178 g/mol. The topological polar surface area (TPSA) is 46.2 Å². The molecule has 2 rings (SSSR count). The Morgan fingerprint density at radius 1 is 1.50 bits per heavy atom. The van der Waals surface area contributed by atoms with Gasteiger partial charge in [-0.15, -0.1) is 0 Å². The first-order chi connectivity index (χ1) is 6.85. The largest absolute Gasteiger partial charge is 0.497 e. The van der Waals surface area contributed by atoms with E-state index in [-0.39, 0.29) is 0 Å². The average Bonchev–Trinajstić information content (AvgIpc) is 2.61. The van der Waals surface area contributed by atoms with E-state index in [4.69, 9.17) is 14.4 Å². The number of ether oxygens (including phenoxy) is 1. The summed E-state index contributed by atoms with van der Waals surface area (Å²) in [5.74, 6) is 0.760. The van der Waals surface area contributed by atoms with Crippen molar-refractivity contribution >= 4 is 11.0 Å². The molecule has 0 radical (unpaired) electrons. The van der Waals surface area contributed by atoms with E-state index < -0.39 is 0 Å². The summed E-state index contributed by atoms with van der Waals surface area (Å²) < 4.78 is 10.4. The van der Waals surface area contributed by atoms with E-state index in [2.05, 4.69) is 6.07 Å². The number of fused-ring (bicyclic) bond motifs is 1. The minimum atomic E-state index is 0.374. The summed E-state index contributed by atoms with van der Waals surface area (Å²) in [7, 11) is 1.61. The van der Waals surface area contributed by atoms with E-state index in [9.17, 15) is 0 Å². The summed E-state index contributed by atoms with van der Waals surface area (Å²) in [6.45, 7) is 0. The van der Waals surface area contributed by atoms with Gasteiger partial charge < -0.3 is 9.15 Å². The second-order valence-electron chi connectivity index (χ2n) is 2.96. The average molecular weight is 187 g/mol. The van der Waals surface area contributed by atoms with Crippen LogP contribution in [0.25, 0.3) is 11.0 Å². The molecular formula is C11H9NO2. The molecule has 0 aliphatic rings. The maximum Gasteiger partial charge on any atom is 0.137 e. The number of furan rings is 1. The van der Waals surface area contributed by atoms with Crippen LogP contribution in [-0.4, -0.2) is 7.11 Å². The highest BCUT2D eigenvalue weighted by molar-refractivity contribution is 5.82. The van der Waals surface area contributed by atoms with E-state index in [1.807, 2.05) is 18.2 Å². The minimum Gasteiger partial charge on any atom is -0.497 e. The molecule has 0 bridgehead atoms. The predicted octanol–water partition coefficient (Wildman–Crippen LogP) is 2.51. The number of hydrogen-bond donors (Lipinski definition) is 0. The molecule has 0 N–H and O–H groups in total. The number of methoxy groups -OCH3 is 1. The van der Waals surface area contributed by atoms with Gasteiger partial charge in [0.2, 0.25) is 0 Å². The SMILES string of the molecule is COc1ccc2c(CC#N)coc2c1. The molecule has 0 saturated carbocycles. The van der Waals surface area contributed by atoms with Gasteiger partial charge in [-0.3, -0.25) is 0 Å². The van der Waals surface area contributed by atoms with Gasteiger partial charge in [0.15, 0.2) is 0 Å². The van der Waals surface area contributed by atoms with Crippen LogP contribution in [0.1, 0.15) is 5.56 Å². The van der Waals surface area contributed by atoms with Crippen molar-refractivity contribution in [1.29, 1.82) is 5.26 Å². The highest BCUT2D eigenvalue weighted by Gasteiger charge is 2.05. The summed E-state index contributed by atoms with van der Waals surface area (Å²) in [5, 5.41) is 9.56. The van der Waals surface area contributed by atoms with Crippen molar-refractivity contribution in [1.82, 2.24) is 0 Å². The molecule has 1 aromatic heterocycles. The zero-order chi connectivity index (χ0) is 9.97. The third-order valence-electron chi connectivity index (χ3n) is 2.13. The van der Waals surface area contributed by atoms with E-state index in [0.717, 1.165) is 22.3 Å². The Bertz CT molecular complexity index is 493. The molecule has 70 valence electrons. The van der Waals surface area contributed by atoms with Gasteiger partial charge in [0, 0.05) is 17.0 Å².